The molecule has 4 bridgehead atoms. The van der Waals surface area contributed by atoms with Crippen molar-refractivity contribution in [2.75, 3.05) is 6.26 Å². The maximum Gasteiger partial charge on any atom is 0.182 e. The van der Waals surface area contributed by atoms with E-state index in [9.17, 15) is 18.1 Å². The number of halogens is 3. The van der Waals surface area contributed by atoms with Gasteiger partial charge in [-0.25, -0.2) is 12.8 Å². The Morgan fingerprint density at radius 2 is 1.81 bits per heavy atom. The monoisotopic (exact) mass is 501 g/mol. The molecule has 0 heterocycles. The molecule has 4 aliphatic carbocycles. The van der Waals surface area contributed by atoms with Gasteiger partial charge in [-0.3, -0.25) is 10.3 Å². The van der Waals surface area contributed by atoms with Crippen LogP contribution in [0.5, 0.6) is 5.75 Å². The Kier molecular flexibility index (Phi) is 5.92. The molecule has 4 aliphatic rings. The first-order valence-corrected chi connectivity index (χ1v) is 13.3. The Hall–Kier alpha value is -1.56. The third-order valence-electron chi connectivity index (χ3n) is 7.30. The van der Waals surface area contributed by atoms with Crippen LogP contribution in [0, 0.1) is 35.0 Å². The second-order valence-corrected chi connectivity index (χ2v) is 13.2. The minimum atomic E-state index is -3.17. The Morgan fingerprint density at radius 3 is 2.31 bits per heavy atom. The highest BCUT2D eigenvalue weighted by Gasteiger charge is 2.59. The molecule has 0 saturated heterocycles. The largest absolute Gasteiger partial charge is 0.477 e. The number of aliphatic imine (C=N–C) groups is 1. The molecule has 5 rings (SSSR count). The molecular weight excluding hydrogens is 476 g/mol. The molecule has 174 valence electrons. The van der Waals surface area contributed by atoms with Crippen molar-refractivity contribution in [2.24, 2.45) is 22.7 Å². The molecule has 4 saturated carbocycles. The Bertz CT molecular complexity index is 1080. The fourth-order valence-electron chi connectivity index (χ4n) is 6.06. The van der Waals surface area contributed by atoms with Gasteiger partial charge in [-0.15, -0.1) is 0 Å². The molecule has 2 atom stereocenters. The average molecular weight is 502 g/mol. The van der Waals surface area contributed by atoms with Crippen molar-refractivity contribution in [3.05, 3.63) is 28.0 Å². The summed E-state index contributed by atoms with van der Waals surface area (Å²) in [5.41, 5.74) is -1.12. The van der Waals surface area contributed by atoms with E-state index in [2.05, 4.69) is 5.32 Å². The van der Waals surface area contributed by atoms with Gasteiger partial charge >= 0.3 is 0 Å². The SMILES string of the molecule is CC(C)(Oc1c(Cl)cc(F)cc1Cl)C(=NC1C2CC3CC1CC(S(C)(=O)=O)(C3)C2)NC#N. The summed E-state index contributed by atoms with van der Waals surface area (Å²) in [5, 5.41) is 12.0. The van der Waals surface area contributed by atoms with E-state index in [1.807, 2.05) is 6.19 Å². The average Bonchev–Trinajstić information content (AvgIpc) is 2.65. The van der Waals surface area contributed by atoms with Crippen molar-refractivity contribution in [3.63, 3.8) is 0 Å². The Balaban J connectivity index is 1.65. The summed E-state index contributed by atoms with van der Waals surface area (Å²) in [6.07, 6.45) is 7.11. The quantitative estimate of drug-likeness (QED) is 0.272. The number of amidine groups is 1. The highest BCUT2D eigenvalue weighted by molar-refractivity contribution is 7.92. The molecule has 0 aromatic heterocycles. The normalized spacial score (nSPS) is 32.0. The summed E-state index contributed by atoms with van der Waals surface area (Å²) in [4.78, 5) is 4.93. The van der Waals surface area contributed by atoms with Gasteiger partial charge in [0.05, 0.1) is 20.8 Å². The number of benzene rings is 1. The molecule has 2 unspecified atom stereocenters. The van der Waals surface area contributed by atoms with Crippen LogP contribution in [-0.2, 0) is 9.84 Å². The maximum atomic E-state index is 13.6. The van der Waals surface area contributed by atoms with Gasteiger partial charge in [-0.05, 0) is 75.8 Å². The van der Waals surface area contributed by atoms with Crippen molar-refractivity contribution in [3.8, 4) is 11.9 Å². The topological polar surface area (TPSA) is 91.5 Å². The van der Waals surface area contributed by atoms with E-state index >= 15 is 0 Å². The maximum absolute atomic E-state index is 13.6. The molecule has 0 aliphatic heterocycles. The summed E-state index contributed by atoms with van der Waals surface area (Å²) in [5.74, 6) is 0.515. The minimum absolute atomic E-state index is 0.0177. The lowest BCUT2D eigenvalue weighted by Gasteiger charge is -2.58. The predicted molar refractivity (Wildman–Crippen MR) is 122 cm³/mol. The van der Waals surface area contributed by atoms with Gasteiger partial charge in [-0.2, -0.15) is 5.26 Å². The fraction of sp³-hybridized carbons (Fsp3) is 0.636. The molecular formula is C22H26Cl2FN3O3S. The van der Waals surface area contributed by atoms with E-state index in [0.717, 1.165) is 31.4 Å². The van der Waals surface area contributed by atoms with Crippen molar-refractivity contribution >= 4 is 38.9 Å². The zero-order valence-electron chi connectivity index (χ0n) is 18.2. The van der Waals surface area contributed by atoms with Crippen LogP contribution in [0.2, 0.25) is 10.0 Å². The van der Waals surface area contributed by atoms with E-state index in [1.54, 1.807) is 13.8 Å². The van der Waals surface area contributed by atoms with Crippen molar-refractivity contribution in [2.45, 2.75) is 62.3 Å². The van der Waals surface area contributed by atoms with Crippen LogP contribution in [0.4, 0.5) is 4.39 Å². The summed E-state index contributed by atoms with van der Waals surface area (Å²) in [6, 6.07) is 2.12. The van der Waals surface area contributed by atoms with Gasteiger partial charge in [0.15, 0.2) is 33.2 Å². The molecule has 32 heavy (non-hydrogen) atoms. The Morgan fingerprint density at radius 1 is 1.25 bits per heavy atom. The van der Waals surface area contributed by atoms with E-state index < -0.39 is 26.0 Å². The second-order valence-electron chi connectivity index (χ2n) is 9.94. The Labute approximate surface area is 198 Å². The molecule has 1 aromatic carbocycles. The molecule has 1 N–H and O–H groups in total. The van der Waals surface area contributed by atoms with Crippen LogP contribution in [0.3, 0.4) is 0 Å². The number of hydrogen-bond donors (Lipinski definition) is 1. The molecule has 6 nitrogen and oxygen atoms in total. The molecule has 1 aromatic rings. The third kappa shape index (κ3) is 4.08. The van der Waals surface area contributed by atoms with Crippen molar-refractivity contribution < 1.29 is 17.5 Å². The number of nitrogens with zero attached hydrogens (tertiary/aromatic N) is 2. The van der Waals surface area contributed by atoms with E-state index in [-0.39, 0.29) is 33.7 Å². The first kappa shape index (κ1) is 23.6. The zero-order valence-corrected chi connectivity index (χ0v) is 20.5. The lowest BCUT2D eigenvalue weighted by atomic mass is 9.54. The highest BCUT2D eigenvalue weighted by Crippen LogP contribution is 2.59. The van der Waals surface area contributed by atoms with E-state index in [0.29, 0.717) is 24.6 Å². The first-order chi connectivity index (χ1) is 14.8. The number of nitrogens with one attached hydrogen (secondary N) is 1. The number of nitriles is 1. The standard InChI is InChI=1S/C22H26Cl2FN3O3S/c1-21(2,31-19-16(23)6-15(25)7-17(19)24)20(27-11-26)28-18-13-4-12-5-14(18)10-22(8-12,9-13)32(3,29)30/h6-7,12-14,18H,4-5,8-10H2,1-3H3,(H,27,28). The van der Waals surface area contributed by atoms with E-state index in [4.69, 9.17) is 32.9 Å². The molecule has 4 fully saturated rings. The summed E-state index contributed by atoms with van der Waals surface area (Å²) < 4.78 is 44.2. The molecule has 0 radical (unpaired) electrons. The van der Waals surface area contributed by atoms with Gasteiger partial charge in [0, 0.05) is 6.26 Å². The van der Waals surface area contributed by atoms with Gasteiger partial charge in [-0.1, -0.05) is 23.2 Å². The summed E-state index contributed by atoms with van der Waals surface area (Å²) in [6.45, 7) is 3.44. The van der Waals surface area contributed by atoms with Crippen LogP contribution in [-0.4, -0.2) is 36.9 Å². The molecule has 0 amide bonds. The van der Waals surface area contributed by atoms with Crippen LogP contribution in [0.15, 0.2) is 17.1 Å². The lowest BCUT2D eigenvalue weighted by Crippen LogP contribution is -2.60. The van der Waals surface area contributed by atoms with Crippen molar-refractivity contribution in [1.29, 1.82) is 5.26 Å². The predicted octanol–water partition coefficient (Wildman–Crippen LogP) is 4.75. The third-order valence-corrected chi connectivity index (χ3v) is 9.93. The number of hydrogen-bond acceptors (Lipinski definition) is 5. The van der Waals surface area contributed by atoms with Crippen LogP contribution in [0.25, 0.3) is 0 Å². The van der Waals surface area contributed by atoms with Gasteiger partial charge in [0.1, 0.15) is 5.82 Å². The second kappa shape index (κ2) is 8.03. The molecule has 0 spiro atoms. The van der Waals surface area contributed by atoms with Crippen LogP contribution < -0.4 is 10.1 Å². The number of sulfone groups is 1. The highest BCUT2D eigenvalue weighted by atomic mass is 35.5. The van der Waals surface area contributed by atoms with Crippen molar-refractivity contribution in [1.82, 2.24) is 5.32 Å². The lowest BCUT2D eigenvalue weighted by molar-refractivity contribution is 0.0140. The first-order valence-electron chi connectivity index (χ1n) is 10.6. The summed E-state index contributed by atoms with van der Waals surface area (Å²) in [7, 11) is -3.17. The minimum Gasteiger partial charge on any atom is -0.477 e. The van der Waals surface area contributed by atoms with Crippen LogP contribution in [0.1, 0.15) is 46.0 Å². The summed E-state index contributed by atoms with van der Waals surface area (Å²) >= 11 is 12.3. The number of ether oxygens (including phenoxy) is 1. The van der Waals surface area contributed by atoms with Gasteiger partial charge in [0.25, 0.3) is 0 Å². The molecule has 10 heteroatoms. The number of rotatable bonds is 5. The van der Waals surface area contributed by atoms with Crippen LogP contribution >= 0.6 is 23.2 Å². The fourth-order valence-corrected chi connectivity index (χ4v) is 8.17. The zero-order chi connectivity index (χ0) is 23.5. The smallest absolute Gasteiger partial charge is 0.182 e. The van der Waals surface area contributed by atoms with Gasteiger partial charge in [0.2, 0.25) is 0 Å². The van der Waals surface area contributed by atoms with Gasteiger partial charge < -0.3 is 4.74 Å². The van der Waals surface area contributed by atoms with E-state index in [1.165, 1.54) is 6.26 Å².